The summed E-state index contributed by atoms with van der Waals surface area (Å²) in [5.41, 5.74) is -0.309. The van der Waals surface area contributed by atoms with Crippen LogP contribution in [0.25, 0.3) is 0 Å². The largest absolute Gasteiger partial charge is 0.328 e. The van der Waals surface area contributed by atoms with E-state index in [1.807, 2.05) is 0 Å². The first-order valence-corrected chi connectivity index (χ1v) is 9.61. The van der Waals surface area contributed by atoms with Crippen LogP contribution in [-0.4, -0.2) is 15.4 Å². The maximum Gasteiger partial charge on any atom is 0.327 e. The molecule has 0 atom stereocenters. The van der Waals surface area contributed by atoms with Gasteiger partial charge in [0.2, 0.25) is 0 Å². The summed E-state index contributed by atoms with van der Waals surface area (Å²) in [7, 11) is -2.27. The van der Waals surface area contributed by atoms with Gasteiger partial charge in [-0.2, -0.15) is 0 Å². The zero-order valence-electron chi connectivity index (χ0n) is 13.1. The lowest BCUT2D eigenvalue weighted by atomic mass is 9.62. The second-order valence-electron chi connectivity index (χ2n) is 7.02. The molecule has 0 heterocycles. The molecule has 0 aromatic rings. The van der Waals surface area contributed by atoms with Crippen LogP contribution in [0.15, 0.2) is 0 Å². The normalized spacial score (nSPS) is 23.7. The average molecular weight is 302 g/mol. The summed E-state index contributed by atoms with van der Waals surface area (Å²) in [5.74, 6) is 1.35. The predicted octanol–water partition coefficient (Wildman–Crippen LogP) is 4.77. The fourth-order valence-corrected chi connectivity index (χ4v) is 5.57. The molecule has 118 valence electrons. The Kier molecular flexibility index (Phi) is 6.28. The Morgan fingerprint density at radius 2 is 1.25 bits per heavy atom. The molecule has 0 unspecified atom stereocenters. The summed E-state index contributed by atoms with van der Waals surface area (Å²) < 4.78 is 5.95. The fourth-order valence-electron chi connectivity index (χ4n) is 4.78. The van der Waals surface area contributed by atoms with Crippen LogP contribution < -0.4 is 0 Å². The van der Waals surface area contributed by atoms with E-state index >= 15 is 0 Å². The number of hydrogen-bond acceptors (Lipinski definition) is 3. The zero-order valence-corrected chi connectivity index (χ0v) is 13.9. The van der Waals surface area contributed by atoms with Crippen LogP contribution in [0.1, 0.15) is 78.1 Å². The highest BCUT2D eigenvalue weighted by atomic mass is 31.2. The monoisotopic (exact) mass is 302 g/mol. The topological polar surface area (TPSA) is 49.7 Å². The SMILES string of the molecule is CC(C)C(OP(O)O)(C1CCCCC1)C1CCCCC1. The lowest BCUT2D eigenvalue weighted by Crippen LogP contribution is -2.52. The van der Waals surface area contributed by atoms with Crippen molar-refractivity contribution in [2.24, 2.45) is 17.8 Å². The summed E-state index contributed by atoms with van der Waals surface area (Å²) in [6.45, 7) is 4.42. The lowest BCUT2D eigenvalue weighted by molar-refractivity contribution is -0.108. The molecule has 0 bridgehead atoms. The maximum atomic E-state index is 9.60. The molecular weight excluding hydrogens is 271 g/mol. The highest BCUT2D eigenvalue weighted by Crippen LogP contribution is 2.53. The first kappa shape index (κ1) is 16.7. The van der Waals surface area contributed by atoms with Gasteiger partial charge < -0.3 is 14.3 Å². The minimum Gasteiger partial charge on any atom is -0.328 e. The summed E-state index contributed by atoms with van der Waals surface area (Å²) in [6, 6.07) is 0. The fraction of sp³-hybridized carbons (Fsp3) is 1.00. The van der Waals surface area contributed by atoms with E-state index in [1.165, 1.54) is 64.2 Å². The van der Waals surface area contributed by atoms with Gasteiger partial charge in [0.15, 0.2) is 0 Å². The van der Waals surface area contributed by atoms with Crippen molar-refractivity contribution in [1.29, 1.82) is 0 Å². The van der Waals surface area contributed by atoms with Crippen LogP contribution in [0.2, 0.25) is 0 Å². The van der Waals surface area contributed by atoms with Crippen LogP contribution in [-0.2, 0) is 4.52 Å². The van der Waals surface area contributed by atoms with Gasteiger partial charge in [0, 0.05) is 0 Å². The highest BCUT2D eigenvalue weighted by molar-refractivity contribution is 7.39. The summed E-state index contributed by atoms with van der Waals surface area (Å²) >= 11 is 0. The molecule has 2 fully saturated rings. The van der Waals surface area contributed by atoms with Crippen LogP contribution in [0.4, 0.5) is 0 Å². The Balaban J connectivity index is 2.26. The third-order valence-corrected chi connectivity index (χ3v) is 6.11. The molecule has 0 saturated heterocycles. The zero-order chi connectivity index (χ0) is 14.6. The van der Waals surface area contributed by atoms with Crippen LogP contribution >= 0.6 is 8.60 Å². The highest BCUT2D eigenvalue weighted by Gasteiger charge is 2.50. The Bertz CT molecular complexity index is 263. The van der Waals surface area contributed by atoms with Crippen LogP contribution in [0, 0.1) is 17.8 Å². The van der Waals surface area contributed by atoms with E-state index < -0.39 is 8.60 Å². The van der Waals surface area contributed by atoms with Crippen molar-refractivity contribution in [2.45, 2.75) is 83.7 Å². The maximum absolute atomic E-state index is 9.60. The predicted molar refractivity (Wildman–Crippen MR) is 83.2 cm³/mol. The van der Waals surface area contributed by atoms with Crippen LogP contribution in [0.3, 0.4) is 0 Å². The molecule has 0 aromatic carbocycles. The molecule has 2 rings (SSSR count). The molecule has 0 amide bonds. The minimum atomic E-state index is -2.27. The van der Waals surface area contributed by atoms with Gasteiger partial charge >= 0.3 is 8.60 Å². The summed E-state index contributed by atoms with van der Waals surface area (Å²) in [6.07, 6.45) is 12.5. The van der Waals surface area contributed by atoms with Gasteiger partial charge in [0.25, 0.3) is 0 Å². The van der Waals surface area contributed by atoms with Crippen LogP contribution in [0.5, 0.6) is 0 Å². The Labute approximate surface area is 125 Å². The minimum absolute atomic E-state index is 0.309. The first-order chi connectivity index (χ1) is 9.57. The molecule has 20 heavy (non-hydrogen) atoms. The smallest absolute Gasteiger partial charge is 0.327 e. The van der Waals surface area contributed by atoms with Crippen molar-refractivity contribution in [3.63, 3.8) is 0 Å². The molecule has 2 saturated carbocycles. The Morgan fingerprint density at radius 3 is 1.55 bits per heavy atom. The third kappa shape index (κ3) is 3.55. The van der Waals surface area contributed by atoms with Gasteiger partial charge in [-0.3, -0.25) is 0 Å². The molecule has 3 nitrogen and oxygen atoms in total. The van der Waals surface area contributed by atoms with E-state index in [0.717, 1.165) is 0 Å². The molecular formula is C16H31O3P. The molecule has 4 heteroatoms. The Morgan fingerprint density at radius 1 is 0.850 bits per heavy atom. The standard InChI is InChI=1S/C16H31O3P/c1-13(2)16(19-20(17)18,14-9-5-3-6-10-14)15-11-7-4-8-12-15/h13-15,17-18H,3-12H2,1-2H3. The lowest BCUT2D eigenvalue weighted by Gasteiger charge is -2.51. The van der Waals surface area contributed by atoms with E-state index in [2.05, 4.69) is 13.8 Å². The summed E-state index contributed by atoms with van der Waals surface area (Å²) in [4.78, 5) is 19.2. The van der Waals surface area contributed by atoms with Gasteiger partial charge in [0.1, 0.15) is 0 Å². The van der Waals surface area contributed by atoms with E-state index in [1.54, 1.807) is 0 Å². The second kappa shape index (κ2) is 7.54. The molecule has 0 spiro atoms. The van der Waals surface area contributed by atoms with E-state index in [4.69, 9.17) is 4.52 Å². The van der Waals surface area contributed by atoms with Gasteiger partial charge in [-0.25, -0.2) is 0 Å². The molecule has 0 aromatic heterocycles. The molecule has 2 aliphatic carbocycles. The first-order valence-electron chi connectivity index (χ1n) is 8.44. The van der Waals surface area contributed by atoms with Gasteiger partial charge in [0.05, 0.1) is 5.60 Å². The van der Waals surface area contributed by atoms with Crippen molar-refractivity contribution in [3.8, 4) is 0 Å². The molecule has 2 N–H and O–H groups in total. The molecule has 0 aliphatic heterocycles. The van der Waals surface area contributed by atoms with Crippen molar-refractivity contribution in [1.82, 2.24) is 0 Å². The number of rotatable bonds is 5. The van der Waals surface area contributed by atoms with Crippen molar-refractivity contribution >= 4 is 8.60 Å². The average Bonchev–Trinajstić information content (AvgIpc) is 2.46. The van der Waals surface area contributed by atoms with Gasteiger partial charge in [-0.1, -0.05) is 52.4 Å². The van der Waals surface area contributed by atoms with Crippen molar-refractivity contribution < 1.29 is 14.3 Å². The van der Waals surface area contributed by atoms with Gasteiger partial charge in [-0.15, -0.1) is 0 Å². The Hall–Kier alpha value is 0.310. The number of hydrogen-bond donors (Lipinski definition) is 2. The molecule has 0 radical (unpaired) electrons. The molecule has 2 aliphatic rings. The summed E-state index contributed by atoms with van der Waals surface area (Å²) in [5, 5.41) is 0. The quantitative estimate of drug-likeness (QED) is 0.719. The van der Waals surface area contributed by atoms with E-state index in [9.17, 15) is 9.79 Å². The third-order valence-electron chi connectivity index (χ3n) is 5.63. The van der Waals surface area contributed by atoms with Gasteiger partial charge in [-0.05, 0) is 43.4 Å². The van der Waals surface area contributed by atoms with Crippen molar-refractivity contribution in [2.75, 3.05) is 0 Å². The van der Waals surface area contributed by atoms with E-state index in [-0.39, 0.29) is 5.60 Å². The second-order valence-corrected chi connectivity index (χ2v) is 7.71. The van der Waals surface area contributed by atoms with Crippen molar-refractivity contribution in [3.05, 3.63) is 0 Å². The van der Waals surface area contributed by atoms with E-state index in [0.29, 0.717) is 17.8 Å².